The van der Waals surface area contributed by atoms with E-state index in [2.05, 4.69) is 16.7 Å². The zero-order valence-corrected chi connectivity index (χ0v) is 16.6. The maximum absolute atomic E-state index is 13.1. The second-order valence-corrected chi connectivity index (χ2v) is 7.81. The van der Waals surface area contributed by atoms with Gasteiger partial charge in [0.1, 0.15) is 5.75 Å². The number of hydrogen-bond acceptors (Lipinski definition) is 4. The molecule has 0 unspecified atom stereocenters. The highest BCUT2D eigenvalue weighted by molar-refractivity contribution is 8.27. The molecule has 0 bridgehead atoms. The van der Waals surface area contributed by atoms with Gasteiger partial charge in [-0.15, -0.1) is 0 Å². The number of fused-ring (bicyclic) bond motifs is 1. The highest BCUT2D eigenvalue weighted by atomic mass is 32.2. The summed E-state index contributed by atoms with van der Waals surface area (Å²) < 4.78 is 8.25. The summed E-state index contributed by atoms with van der Waals surface area (Å²) in [6.45, 7) is 2.44. The highest BCUT2D eigenvalue weighted by Gasteiger charge is 2.35. The minimum Gasteiger partial charge on any atom is -0.492 e. The van der Waals surface area contributed by atoms with Gasteiger partial charge in [-0.3, -0.25) is 9.69 Å². The van der Waals surface area contributed by atoms with Gasteiger partial charge in [-0.25, -0.2) is 0 Å². The van der Waals surface area contributed by atoms with Gasteiger partial charge in [-0.2, -0.15) is 0 Å². The van der Waals surface area contributed by atoms with Crippen molar-refractivity contribution in [3.63, 3.8) is 0 Å². The third-order valence-corrected chi connectivity index (χ3v) is 5.72. The minimum absolute atomic E-state index is 0.120. The van der Waals surface area contributed by atoms with Gasteiger partial charge in [-0.1, -0.05) is 54.3 Å². The summed E-state index contributed by atoms with van der Waals surface area (Å²) in [5.41, 5.74) is 2.82. The molecule has 27 heavy (non-hydrogen) atoms. The number of ether oxygens (including phenoxy) is 1. The number of carbonyl (C=O) groups is 1. The molecule has 1 fully saturated rings. The number of para-hydroxylation sites is 3. The molecule has 2 aromatic carbocycles. The molecule has 3 aromatic rings. The van der Waals surface area contributed by atoms with Crippen LogP contribution in [0.1, 0.15) is 12.5 Å². The Morgan fingerprint density at radius 1 is 1.15 bits per heavy atom. The molecule has 1 saturated heterocycles. The standard InChI is InChI=1S/C21H18N2O2S2/c1-3-25-18-11-7-6-10-17(18)23-20(24)19(27-21(23)26)12-14-13-22(2)16-9-5-4-8-15(14)16/h4-13H,3H2,1-2H3/b19-12-. The molecule has 0 spiro atoms. The fourth-order valence-electron chi connectivity index (χ4n) is 3.22. The van der Waals surface area contributed by atoms with Gasteiger partial charge in [0.05, 0.1) is 17.2 Å². The minimum atomic E-state index is -0.120. The highest BCUT2D eigenvalue weighted by Crippen LogP contribution is 2.40. The number of amides is 1. The van der Waals surface area contributed by atoms with Crippen molar-refractivity contribution in [2.45, 2.75) is 6.92 Å². The maximum Gasteiger partial charge on any atom is 0.270 e. The smallest absolute Gasteiger partial charge is 0.270 e. The van der Waals surface area contributed by atoms with Crippen molar-refractivity contribution < 1.29 is 9.53 Å². The fourth-order valence-corrected chi connectivity index (χ4v) is 4.50. The fraction of sp³-hybridized carbons (Fsp3) is 0.143. The van der Waals surface area contributed by atoms with Crippen LogP contribution < -0.4 is 9.64 Å². The molecule has 4 nitrogen and oxygen atoms in total. The molecule has 1 aromatic heterocycles. The summed E-state index contributed by atoms with van der Waals surface area (Å²) in [6, 6.07) is 15.6. The Kier molecular flexibility index (Phi) is 4.76. The molecule has 0 radical (unpaired) electrons. The van der Waals surface area contributed by atoms with Gasteiger partial charge in [0.25, 0.3) is 5.91 Å². The van der Waals surface area contributed by atoms with E-state index >= 15 is 0 Å². The van der Waals surface area contributed by atoms with E-state index in [0.29, 0.717) is 27.3 Å². The van der Waals surface area contributed by atoms with E-state index in [-0.39, 0.29) is 5.91 Å². The molecular weight excluding hydrogens is 376 g/mol. The average molecular weight is 395 g/mol. The Morgan fingerprint density at radius 3 is 2.70 bits per heavy atom. The molecule has 1 aliphatic rings. The number of thiocarbonyl (C=S) groups is 1. The number of benzene rings is 2. The summed E-state index contributed by atoms with van der Waals surface area (Å²) in [4.78, 5) is 15.3. The molecular formula is C21H18N2O2S2. The van der Waals surface area contributed by atoms with E-state index in [0.717, 1.165) is 16.5 Å². The zero-order chi connectivity index (χ0) is 19.0. The lowest BCUT2D eigenvalue weighted by atomic mass is 10.1. The first-order valence-corrected chi connectivity index (χ1v) is 9.86. The van der Waals surface area contributed by atoms with Crippen LogP contribution in [0.4, 0.5) is 5.69 Å². The van der Waals surface area contributed by atoms with E-state index in [1.165, 1.54) is 11.8 Å². The lowest BCUT2D eigenvalue weighted by Crippen LogP contribution is -2.28. The number of aromatic nitrogens is 1. The SMILES string of the molecule is CCOc1ccccc1N1C(=O)/C(=C/c2cn(C)c3ccccc23)SC1=S. The van der Waals surface area contributed by atoms with Crippen molar-refractivity contribution in [2.24, 2.45) is 7.05 Å². The van der Waals surface area contributed by atoms with Gasteiger partial charge in [0, 0.05) is 29.7 Å². The number of nitrogens with zero attached hydrogens (tertiary/aromatic N) is 2. The first-order chi connectivity index (χ1) is 13.1. The van der Waals surface area contributed by atoms with E-state index in [1.54, 1.807) is 4.90 Å². The van der Waals surface area contributed by atoms with Crippen molar-refractivity contribution in [1.82, 2.24) is 4.57 Å². The van der Waals surface area contributed by atoms with Crippen molar-refractivity contribution in [1.29, 1.82) is 0 Å². The second kappa shape index (κ2) is 7.21. The normalized spacial score (nSPS) is 15.9. The molecule has 0 N–H and O–H groups in total. The lowest BCUT2D eigenvalue weighted by molar-refractivity contribution is -0.113. The molecule has 4 rings (SSSR count). The number of hydrogen-bond donors (Lipinski definition) is 0. The summed E-state index contributed by atoms with van der Waals surface area (Å²) in [6.07, 6.45) is 3.95. The average Bonchev–Trinajstić information content (AvgIpc) is 3.13. The molecule has 136 valence electrons. The number of anilines is 1. The van der Waals surface area contributed by atoms with Crippen LogP contribution in [0.5, 0.6) is 5.75 Å². The summed E-state index contributed by atoms with van der Waals surface area (Å²) in [5.74, 6) is 0.535. The van der Waals surface area contributed by atoms with Crippen LogP contribution in [-0.4, -0.2) is 21.4 Å². The van der Waals surface area contributed by atoms with Crippen LogP contribution in [0, 0.1) is 0 Å². The summed E-state index contributed by atoms with van der Waals surface area (Å²) >= 11 is 6.82. The van der Waals surface area contributed by atoms with Gasteiger partial charge in [-0.05, 0) is 31.2 Å². The Balaban J connectivity index is 1.74. The first kappa shape index (κ1) is 17.8. The van der Waals surface area contributed by atoms with Crippen molar-refractivity contribution in [3.8, 4) is 5.75 Å². The molecule has 0 atom stereocenters. The Hall–Kier alpha value is -2.57. The Morgan fingerprint density at radius 2 is 1.89 bits per heavy atom. The van der Waals surface area contributed by atoms with Crippen molar-refractivity contribution in [2.75, 3.05) is 11.5 Å². The lowest BCUT2D eigenvalue weighted by Gasteiger charge is -2.18. The Bertz CT molecular complexity index is 1080. The van der Waals surface area contributed by atoms with E-state index < -0.39 is 0 Å². The van der Waals surface area contributed by atoms with Crippen LogP contribution >= 0.6 is 24.0 Å². The molecule has 6 heteroatoms. The predicted octanol–water partition coefficient (Wildman–Crippen LogP) is 4.98. The second-order valence-electron chi connectivity index (χ2n) is 6.13. The van der Waals surface area contributed by atoms with Crippen LogP contribution in [0.25, 0.3) is 17.0 Å². The van der Waals surface area contributed by atoms with Gasteiger partial charge >= 0.3 is 0 Å². The number of carbonyl (C=O) groups excluding carboxylic acids is 1. The van der Waals surface area contributed by atoms with Crippen LogP contribution in [-0.2, 0) is 11.8 Å². The van der Waals surface area contributed by atoms with Gasteiger partial charge in [0.2, 0.25) is 0 Å². The molecule has 1 amide bonds. The molecule has 0 saturated carbocycles. The van der Waals surface area contributed by atoms with E-state index in [4.69, 9.17) is 17.0 Å². The maximum atomic E-state index is 13.1. The third kappa shape index (κ3) is 3.15. The van der Waals surface area contributed by atoms with Crippen LogP contribution in [0.2, 0.25) is 0 Å². The largest absolute Gasteiger partial charge is 0.492 e. The van der Waals surface area contributed by atoms with E-state index in [9.17, 15) is 4.79 Å². The van der Waals surface area contributed by atoms with E-state index in [1.807, 2.05) is 62.6 Å². The van der Waals surface area contributed by atoms with Gasteiger partial charge < -0.3 is 9.30 Å². The molecule has 2 heterocycles. The number of thioether (sulfide) groups is 1. The van der Waals surface area contributed by atoms with Crippen LogP contribution in [0.15, 0.2) is 59.6 Å². The van der Waals surface area contributed by atoms with Crippen LogP contribution in [0.3, 0.4) is 0 Å². The van der Waals surface area contributed by atoms with Crippen molar-refractivity contribution >= 4 is 56.9 Å². The molecule has 0 aliphatic carbocycles. The summed E-state index contributed by atoms with van der Waals surface area (Å²) in [5, 5.41) is 1.11. The molecule has 1 aliphatic heterocycles. The van der Waals surface area contributed by atoms with Gasteiger partial charge in [0.15, 0.2) is 4.32 Å². The first-order valence-electron chi connectivity index (χ1n) is 8.64. The number of aryl methyl sites for hydroxylation is 1. The quantitative estimate of drug-likeness (QED) is 0.462. The third-order valence-electron chi connectivity index (χ3n) is 4.41. The Labute approximate surface area is 167 Å². The zero-order valence-electron chi connectivity index (χ0n) is 15.0. The topological polar surface area (TPSA) is 34.5 Å². The van der Waals surface area contributed by atoms with Crippen molar-refractivity contribution in [3.05, 3.63) is 65.2 Å². The predicted molar refractivity (Wildman–Crippen MR) is 116 cm³/mol. The summed E-state index contributed by atoms with van der Waals surface area (Å²) in [7, 11) is 2.00. The monoisotopic (exact) mass is 394 g/mol. The number of rotatable bonds is 4.